The molecular formula is C13H10N2O5. The molecule has 2 rings (SSSR count). The zero-order valence-corrected chi connectivity index (χ0v) is 10.3. The summed E-state index contributed by atoms with van der Waals surface area (Å²) in [6, 6.07) is 11.4. The van der Waals surface area contributed by atoms with Crippen LogP contribution in [0.5, 0.6) is 0 Å². The van der Waals surface area contributed by atoms with E-state index >= 15 is 0 Å². The standard InChI is InChI=1S/C13H10N2O5/c16-14(17)11(8-10-4-2-1-3-5-10)9-12-6-7-13(20-12)15(18)19/h1-7,9H,8H2. The summed E-state index contributed by atoms with van der Waals surface area (Å²) in [5.74, 6) is -0.363. The Morgan fingerprint density at radius 3 is 2.35 bits per heavy atom. The van der Waals surface area contributed by atoms with E-state index in [0.29, 0.717) is 0 Å². The third kappa shape index (κ3) is 3.29. The molecule has 0 bridgehead atoms. The van der Waals surface area contributed by atoms with E-state index in [0.717, 1.165) is 11.6 Å². The van der Waals surface area contributed by atoms with Crippen LogP contribution in [0, 0.1) is 20.2 Å². The molecule has 0 fully saturated rings. The van der Waals surface area contributed by atoms with Gasteiger partial charge in [0.2, 0.25) is 0 Å². The topological polar surface area (TPSA) is 99.4 Å². The molecule has 7 heteroatoms. The lowest BCUT2D eigenvalue weighted by Gasteiger charge is -1.98. The van der Waals surface area contributed by atoms with Gasteiger partial charge in [0.15, 0.2) is 0 Å². The Labute approximate surface area is 113 Å². The van der Waals surface area contributed by atoms with Gasteiger partial charge in [-0.2, -0.15) is 0 Å². The Hall–Kier alpha value is -2.96. The molecule has 0 aliphatic rings. The first-order chi connectivity index (χ1) is 9.56. The zero-order chi connectivity index (χ0) is 14.5. The van der Waals surface area contributed by atoms with Gasteiger partial charge >= 0.3 is 5.88 Å². The first-order valence-corrected chi connectivity index (χ1v) is 5.69. The number of allylic oxidation sites excluding steroid dienone is 1. The van der Waals surface area contributed by atoms with Gasteiger partial charge in [-0.1, -0.05) is 30.3 Å². The van der Waals surface area contributed by atoms with E-state index in [9.17, 15) is 20.2 Å². The molecule has 0 saturated carbocycles. The van der Waals surface area contributed by atoms with Crippen LogP contribution in [-0.2, 0) is 6.42 Å². The zero-order valence-electron chi connectivity index (χ0n) is 10.3. The van der Waals surface area contributed by atoms with Crippen LogP contribution in [0.15, 0.2) is 52.6 Å². The van der Waals surface area contributed by atoms with Crippen molar-refractivity contribution < 1.29 is 14.3 Å². The summed E-state index contributed by atoms with van der Waals surface area (Å²) in [6.45, 7) is 0. The van der Waals surface area contributed by atoms with Gasteiger partial charge in [-0.15, -0.1) is 0 Å². The van der Waals surface area contributed by atoms with Gasteiger partial charge in [-0.05, 0) is 11.6 Å². The summed E-state index contributed by atoms with van der Waals surface area (Å²) < 4.78 is 4.88. The SMILES string of the molecule is O=[N+]([O-])C(=Cc1ccc([N+](=O)[O-])o1)Cc1ccccc1. The molecule has 2 aromatic rings. The van der Waals surface area contributed by atoms with Crippen molar-refractivity contribution in [3.05, 3.63) is 79.7 Å². The molecule has 0 aliphatic heterocycles. The van der Waals surface area contributed by atoms with Crippen molar-refractivity contribution in [1.29, 1.82) is 0 Å². The number of hydrogen-bond donors (Lipinski definition) is 0. The molecule has 0 radical (unpaired) electrons. The van der Waals surface area contributed by atoms with E-state index < -0.39 is 15.7 Å². The fraction of sp³-hybridized carbons (Fsp3) is 0.0769. The summed E-state index contributed by atoms with van der Waals surface area (Å²) in [4.78, 5) is 20.3. The first-order valence-electron chi connectivity index (χ1n) is 5.69. The van der Waals surface area contributed by atoms with Crippen molar-refractivity contribution in [2.24, 2.45) is 0 Å². The maximum Gasteiger partial charge on any atom is 0.433 e. The average Bonchev–Trinajstić information content (AvgIpc) is 2.88. The quantitative estimate of drug-likeness (QED) is 0.616. The van der Waals surface area contributed by atoms with Gasteiger partial charge in [0.05, 0.1) is 23.5 Å². The molecule has 1 aromatic heterocycles. The molecular weight excluding hydrogens is 264 g/mol. The molecule has 0 spiro atoms. The fourth-order valence-corrected chi connectivity index (χ4v) is 1.66. The highest BCUT2D eigenvalue weighted by molar-refractivity contribution is 5.47. The van der Waals surface area contributed by atoms with Crippen LogP contribution < -0.4 is 0 Å². The Morgan fingerprint density at radius 1 is 1.10 bits per heavy atom. The maximum atomic E-state index is 11.0. The molecule has 20 heavy (non-hydrogen) atoms. The van der Waals surface area contributed by atoms with E-state index in [1.54, 1.807) is 24.3 Å². The van der Waals surface area contributed by atoms with E-state index in [1.165, 1.54) is 12.1 Å². The molecule has 0 amide bonds. The van der Waals surface area contributed by atoms with E-state index in [1.807, 2.05) is 6.07 Å². The average molecular weight is 274 g/mol. The Bertz CT molecular complexity index is 660. The number of nitro groups is 2. The predicted molar refractivity (Wildman–Crippen MR) is 70.5 cm³/mol. The Kier molecular flexibility index (Phi) is 3.90. The number of hydrogen-bond acceptors (Lipinski definition) is 5. The smallest absolute Gasteiger partial charge is 0.401 e. The lowest BCUT2D eigenvalue weighted by Crippen LogP contribution is -2.02. The van der Waals surface area contributed by atoms with Gasteiger partial charge in [0.1, 0.15) is 10.7 Å². The summed E-state index contributed by atoms with van der Waals surface area (Å²) in [5.41, 5.74) is 0.678. The van der Waals surface area contributed by atoms with Crippen LogP contribution in [0.2, 0.25) is 0 Å². The van der Waals surface area contributed by atoms with Crippen LogP contribution in [0.3, 0.4) is 0 Å². The lowest BCUT2D eigenvalue weighted by molar-refractivity contribution is -0.425. The number of furan rings is 1. The second kappa shape index (κ2) is 5.79. The first kappa shape index (κ1) is 13.5. The second-order valence-electron chi connectivity index (χ2n) is 3.99. The molecule has 0 aliphatic carbocycles. The van der Waals surface area contributed by atoms with Crippen molar-refractivity contribution in [3.63, 3.8) is 0 Å². The van der Waals surface area contributed by atoms with Crippen molar-refractivity contribution in [3.8, 4) is 0 Å². The third-order valence-electron chi connectivity index (χ3n) is 2.56. The van der Waals surface area contributed by atoms with Gasteiger partial charge in [0.25, 0.3) is 5.70 Å². The van der Waals surface area contributed by atoms with Crippen molar-refractivity contribution in [2.75, 3.05) is 0 Å². The number of nitrogens with zero attached hydrogens (tertiary/aromatic N) is 2. The van der Waals surface area contributed by atoms with Crippen molar-refractivity contribution >= 4 is 12.0 Å². The van der Waals surface area contributed by atoms with Crippen LogP contribution >= 0.6 is 0 Å². The number of benzene rings is 1. The Morgan fingerprint density at radius 2 is 1.80 bits per heavy atom. The van der Waals surface area contributed by atoms with Crippen molar-refractivity contribution in [1.82, 2.24) is 0 Å². The van der Waals surface area contributed by atoms with Gasteiger partial charge in [0, 0.05) is 0 Å². The summed E-state index contributed by atoms with van der Waals surface area (Å²) in [6.07, 6.45) is 1.31. The largest absolute Gasteiger partial charge is 0.433 e. The normalized spacial score (nSPS) is 11.3. The minimum Gasteiger partial charge on any atom is -0.401 e. The van der Waals surface area contributed by atoms with E-state index in [-0.39, 0.29) is 17.9 Å². The highest BCUT2D eigenvalue weighted by Gasteiger charge is 2.16. The molecule has 1 aromatic carbocycles. The molecule has 1 heterocycles. The molecule has 0 atom stereocenters. The summed E-state index contributed by atoms with van der Waals surface area (Å²) >= 11 is 0. The maximum absolute atomic E-state index is 11.0. The van der Waals surface area contributed by atoms with E-state index in [4.69, 9.17) is 4.42 Å². The lowest BCUT2D eigenvalue weighted by atomic mass is 10.1. The molecule has 0 N–H and O–H groups in total. The molecule has 7 nitrogen and oxygen atoms in total. The molecule has 0 unspecified atom stereocenters. The predicted octanol–water partition coefficient (Wildman–Crippen LogP) is 3.05. The summed E-state index contributed by atoms with van der Waals surface area (Å²) in [7, 11) is 0. The summed E-state index contributed by atoms with van der Waals surface area (Å²) in [5, 5.41) is 21.5. The second-order valence-corrected chi connectivity index (χ2v) is 3.99. The minimum atomic E-state index is -0.694. The van der Waals surface area contributed by atoms with Crippen LogP contribution in [0.1, 0.15) is 11.3 Å². The van der Waals surface area contributed by atoms with Crippen molar-refractivity contribution in [2.45, 2.75) is 6.42 Å². The molecule has 102 valence electrons. The Balaban J connectivity index is 2.25. The molecule has 0 saturated heterocycles. The van der Waals surface area contributed by atoms with Crippen LogP contribution in [0.4, 0.5) is 5.88 Å². The van der Waals surface area contributed by atoms with E-state index in [2.05, 4.69) is 0 Å². The van der Waals surface area contributed by atoms with Crippen LogP contribution in [-0.4, -0.2) is 9.85 Å². The third-order valence-corrected chi connectivity index (χ3v) is 2.56. The van der Waals surface area contributed by atoms with Gasteiger partial charge in [-0.3, -0.25) is 20.2 Å². The van der Waals surface area contributed by atoms with Gasteiger partial charge in [-0.25, -0.2) is 0 Å². The van der Waals surface area contributed by atoms with Crippen LogP contribution in [0.25, 0.3) is 6.08 Å². The highest BCUT2D eigenvalue weighted by atomic mass is 16.6. The highest BCUT2D eigenvalue weighted by Crippen LogP contribution is 2.19. The monoisotopic (exact) mass is 274 g/mol. The fourth-order valence-electron chi connectivity index (χ4n) is 1.66. The minimum absolute atomic E-state index is 0.0827. The number of rotatable bonds is 5. The van der Waals surface area contributed by atoms with Gasteiger partial charge < -0.3 is 4.42 Å².